The molecule has 2 nitrogen and oxygen atoms in total. The van der Waals surface area contributed by atoms with E-state index < -0.39 is 0 Å². The van der Waals surface area contributed by atoms with Crippen molar-refractivity contribution in [1.82, 2.24) is 5.32 Å². The Morgan fingerprint density at radius 2 is 2.11 bits per heavy atom. The van der Waals surface area contributed by atoms with Crippen LogP contribution in [0.2, 0.25) is 0 Å². The van der Waals surface area contributed by atoms with E-state index in [-0.39, 0.29) is 5.91 Å². The number of carbonyl (C=O) groups excluding carboxylic acids is 1. The summed E-state index contributed by atoms with van der Waals surface area (Å²) >= 11 is 7.69. The SMILES string of the molecule is O=C(NCCC1CCCC1)c1ccc(Br)cc1S. The lowest BCUT2D eigenvalue weighted by Crippen LogP contribution is -2.26. The Labute approximate surface area is 122 Å². The van der Waals surface area contributed by atoms with Crippen LogP contribution in [0.4, 0.5) is 0 Å². The van der Waals surface area contributed by atoms with Gasteiger partial charge in [-0.25, -0.2) is 0 Å². The summed E-state index contributed by atoms with van der Waals surface area (Å²) in [6, 6.07) is 5.51. The van der Waals surface area contributed by atoms with Gasteiger partial charge in [0, 0.05) is 15.9 Å². The van der Waals surface area contributed by atoms with Gasteiger partial charge in [0.2, 0.25) is 0 Å². The fraction of sp³-hybridized carbons (Fsp3) is 0.500. The number of amides is 1. The van der Waals surface area contributed by atoms with Gasteiger partial charge in [-0.2, -0.15) is 0 Å². The van der Waals surface area contributed by atoms with E-state index in [9.17, 15) is 4.79 Å². The Morgan fingerprint density at radius 3 is 2.78 bits per heavy atom. The van der Waals surface area contributed by atoms with Crippen molar-refractivity contribution in [3.8, 4) is 0 Å². The molecule has 1 amide bonds. The van der Waals surface area contributed by atoms with Gasteiger partial charge in [0.05, 0.1) is 5.56 Å². The zero-order chi connectivity index (χ0) is 13.0. The fourth-order valence-electron chi connectivity index (χ4n) is 2.48. The number of nitrogens with one attached hydrogen (secondary N) is 1. The highest BCUT2D eigenvalue weighted by atomic mass is 79.9. The van der Waals surface area contributed by atoms with E-state index in [1.807, 2.05) is 12.1 Å². The predicted octanol–water partition coefficient (Wildman–Crippen LogP) is 4.05. The predicted molar refractivity (Wildman–Crippen MR) is 80.3 cm³/mol. The number of carbonyl (C=O) groups is 1. The van der Waals surface area contributed by atoms with Gasteiger partial charge in [-0.15, -0.1) is 12.6 Å². The molecule has 0 saturated heterocycles. The van der Waals surface area contributed by atoms with Gasteiger partial charge in [0.1, 0.15) is 0 Å². The summed E-state index contributed by atoms with van der Waals surface area (Å²) in [6.07, 6.45) is 6.46. The molecule has 0 heterocycles. The lowest BCUT2D eigenvalue weighted by Gasteiger charge is -2.11. The topological polar surface area (TPSA) is 29.1 Å². The molecule has 0 aromatic heterocycles. The second kappa shape index (κ2) is 6.62. The van der Waals surface area contributed by atoms with Gasteiger partial charge in [-0.05, 0) is 30.5 Å². The molecule has 0 spiro atoms. The monoisotopic (exact) mass is 327 g/mol. The summed E-state index contributed by atoms with van der Waals surface area (Å²) < 4.78 is 0.940. The summed E-state index contributed by atoms with van der Waals surface area (Å²) in [6.45, 7) is 0.771. The molecule has 1 aromatic rings. The van der Waals surface area contributed by atoms with E-state index in [0.29, 0.717) is 10.5 Å². The van der Waals surface area contributed by atoms with E-state index >= 15 is 0 Å². The minimum absolute atomic E-state index is 0.0227. The zero-order valence-corrected chi connectivity index (χ0v) is 12.8. The van der Waals surface area contributed by atoms with Gasteiger partial charge < -0.3 is 5.32 Å². The van der Waals surface area contributed by atoms with Crippen molar-refractivity contribution in [1.29, 1.82) is 0 Å². The van der Waals surface area contributed by atoms with Gasteiger partial charge in [0.25, 0.3) is 5.91 Å². The summed E-state index contributed by atoms with van der Waals surface area (Å²) in [7, 11) is 0. The minimum atomic E-state index is -0.0227. The molecule has 18 heavy (non-hydrogen) atoms. The van der Waals surface area contributed by atoms with Crippen LogP contribution in [0.5, 0.6) is 0 Å². The number of thiol groups is 1. The first kappa shape index (κ1) is 13.9. The number of hydrogen-bond acceptors (Lipinski definition) is 2. The standard InChI is InChI=1S/C14H18BrNOS/c15-11-5-6-12(13(18)9-11)14(17)16-8-7-10-3-1-2-4-10/h5-6,9-10,18H,1-4,7-8H2,(H,16,17). The average molecular weight is 328 g/mol. The lowest BCUT2D eigenvalue weighted by molar-refractivity contribution is 0.0948. The van der Waals surface area contributed by atoms with Crippen molar-refractivity contribution in [2.75, 3.05) is 6.54 Å². The molecule has 0 bridgehead atoms. The summed E-state index contributed by atoms with van der Waals surface area (Å²) in [5.74, 6) is 0.788. The summed E-state index contributed by atoms with van der Waals surface area (Å²) in [5, 5.41) is 2.98. The Hall–Kier alpha value is -0.480. The summed E-state index contributed by atoms with van der Waals surface area (Å²) in [5.41, 5.74) is 0.646. The van der Waals surface area contributed by atoms with Crippen molar-refractivity contribution >= 4 is 34.5 Å². The number of hydrogen-bond donors (Lipinski definition) is 2. The Balaban J connectivity index is 1.83. The van der Waals surface area contributed by atoms with Crippen LogP contribution in [-0.4, -0.2) is 12.5 Å². The maximum absolute atomic E-state index is 12.0. The van der Waals surface area contributed by atoms with E-state index in [2.05, 4.69) is 33.9 Å². The number of halogens is 1. The molecule has 0 atom stereocenters. The quantitative estimate of drug-likeness (QED) is 0.802. The van der Waals surface area contributed by atoms with E-state index in [0.717, 1.165) is 23.4 Å². The molecule has 1 aromatic carbocycles. The third-order valence-corrected chi connectivity index (χ3v) is 4.38. The van der Waals surface area contributed by atoms with Crippen LogP contribution in [0.15, 0.2) is 27.6 Å². The number of benzene rings is 1. The van der Waals surface area contributed by atoms with Crippen LogP contribution in [0.25, 0.3) is 0 Å². The maximum atomic E-state index is 12.0. The molecule has 2 rings (SSSR count). The molecular formula is C14H18BrNOS. The minimum Gasteiger partial charge on any atom is -0.352 e. The smallest absolute Gasteiger partial charge is 0.252 e. The van der Waals surface area contributed by atoms with Gasteiger partial charge >= 0.3 is 0 Å². The van der Waals surface area contributed by atoms with Crippen molar-refractivity contribution in [2.45, 2.75) is 37.0 Å². The zero-order valence-electron chi connectivity index (χ0n) is 10.3. The van der Waals surface area contributed by atoms with Gasteiger partial charge in [-0.3, -0.25) is 4.79 Å². The molecule has 1 aliphatic rings. The van der Waals surface area contributed by atoms with Gasteiger partial charge in [0.15, 0.2) is 0 Å². The second-order valence-electron chi connectivity index (χ2n) is 4.86. The number of rotatable bonds is 4. The highest BCUT2D eigenvalue weighted by Gasteiger charge is 2.15. The molecule has 0 radical (unpaired) electrons. The van der Waals surface area contributed by atoms with Crippen LogP contribution in [0, 0.1) is 5.92 Å². The van der Waals surface area contributed by atoms with Crippen LogP contribution in [-0.2, 0) is 0 Å². The maximum Gasteiger partial charge on any atom is 0.252 e. The highest BCUT2D eigenvalue weighted by Crippen LogP contribution is 2.27. The van der Waals surface area contributed by atoms with Gasteiger partial charge in [-0.1, -0.05) is 41.6 Å². The molecule has 0 aliphatic heterocycles. The Kier molecular flexibility index (Phi) is 5.13. The first-order chi connectivity index (χ1) is 8.66. The van der Waals surface area contributed by atoms with E-state index in [4.69, 9.17) is 0 Å². The molecule has 1 N–H and O–H groups in total. The lowest BCUT2D eigenvalue weighted by atomic mass is 10.0. The fourth-order valence-corrected chi connectivity index (χ4v) is 3.33. The van der Waals surface area contributed by atoms with Crippen LogP contribution in [0.1, 0.15) is 42.5 Å². The molecule has 1 aliphatic carbocycles. The third kappa shape index (κ3) is 3.75. The van der Waals surface area contributed by atoms with Crippen LogP contribution in [0.3, 0.4) is 0 Å². The second-order valence-corrected chi connectivity index (χ2v) is 6.25. The van der Waals surface area contributed by atoms with E-state index in [1.165, 1.54) is 25.7 Å². The largest absolute Gasteiger partial charge is 0.352 e. The average Bonchev–Trinajstić information content (AvgIpc) is 2.81. The molecule has 1 fully saturated rings. The normalized spacial score (nSPS) is 15.9. The highest BCUT2D eigenvalue weighted by molar-refractivity contribution is 9.10. The molecule has 1 saturated carbocycles. The van der Waals surface area contributed by atoms with Crippen LogP contribution < -0.4 is 5.32 Å². The molecular weight excluding hydrogens is 310 g/mol. The first-order valence-corrected chi connectivity index (χ1v) is 7.67. The summed E-state index contributed by atoms with van der Waals surface area (Å²) in [4.78, 5) is 12.7. The van der Waals surface area contributed by atoms with Crippen molar-refractivity contribution < 1.29 is 4.79 Å². The Bertz CT molecular complexity index is 430. The van der Waals surface area contributed by atoms with Crippen molar-refractivity contribution in [3.63, 3.8) is 0 Å². The molecule has 98 valence electrons. The Morgan fingerprint density at radius 1 is 1.39 bits per heavy atom. The van der Waals surface area contributed by atoms with Crippen LogP contribution >= 0.6 is 28.6 Å². The van der Waals surface area contributed by atoms with Crippen molar-refractivity contribution in [2.24, 2.45) is 5.92 Å². The van der Waals surface area contributed by atoms with E-state index in [1.54, 1.807) is 6.07 Å². The molecule has 4 heteroatoms. The third-order valence-electron chi connectivity index (χ3n) is 3.52. The molecule has 0 unspecified atom stereocenters. The first-order valence-electron chi connectivity index (χ1n) is 6.43. The van der Waals surface area contributed by atoms with Crippen molar-refractivity contribution in [3.05, 3.63) is 28.2 Å².